The Morgan fingerprint density at radius 1 is 1.04 bits per heavy atom. The van der Waals surface area contributed by atoms with Crippen LogP contribution in [0.15, 0.2) is 64.0 Å². The Balaban J connectivity index is 1.82. The highest BCUT2D eigenvalue weighted by molar-refractivity contribution is 5.91. The third kappa shape index (κ3) is 4.12. The molecule has 3 rings (SSSR count). The molecule has 0 atom stereocenters. The Morgan fingerprint density at radius 2 is 1.74 bits per heavy atom. The molecule has 0 saturated carbocycles. The number of furan rings is 1. The first-order chi connectivity index (χ1) is 13.0. The van der Waals surface area contributed by atoms with E-state index in [1.165, 1.54) is 19.2 Å². The van der Waals surface area contributed by atoms with Gasteiger partial charge in [-0.25, -0.2) is 9.59 Å². The van der Waals surface area contributed by atoms with Crippen LogP contribution in [0.4, 0.5) is 5.69 Å². The van der Waals surface area contributed by atoms with Crippen molar-refractivity contribution in [1.29, 1.82) is 0 Å². The monoisotopic (exact) mass is 363 g/mol. The fraction of sp³-hybridized carbons (Fsp3) is 0.0952. The van der Waals surface area contributed by atoms with Crippen LogP contribution in [0, 0.1) is 6.92 Å². The SMILES string of the molecule is COC(=O)c1ccc(C)c(-c2ccc(C=Nc3ccc(C(=O)O)cc3)o2)c1. The number of carboxylic acids is 1. The quantitative estimate of drug-likeness (QED) is 0.533. The molecule has 0 fully saturated rings. The molecule has 0 bridgehead atoms. The Hall–Kier alpha value is -3.67. The first-order valence-corrected chi connectivity index (χ1v) is 8.14. The van der Waals surface area contributed by atoms with E-state index in [1.54, 1.807) is 42.6 Å². The minimum absolute atomic E-state index is 0.204. The third-order valence-corrected chi connectivity index (χ3v) is 4.01. The number of esters is 1. The van der Waals surface area contributed by atoms with Crippen LogP contribution < -0.4 is 0 Å². The fourth-order valence-electron chi connectivity index (χ4n) is 2.53. The molecular formula is C21H17NO5. The summed E-state index contributed by atoms with van der Waals surface area (Å²) in [4.78, 5) is 26.9. The van der Waals surface area contributed by atoms with Crippen LogP contribution >= 0.6 is 0 Å². The lowest BCUT2D eigenvalue weighted by atomic mass is 10.0. The van der Waals surface area contributed by atoms with Crippen LogP contribution in [-0.4, -0.2) is 30.4 Å². The summed E-state index contributed by atoms with van der Waals surface area (Å²) in [5, 5.41) is 8.90. The second-order valence-corrected chi connectivity index (χ2v) is 5.83. The summed E-state index contributed by atoms with van der Waals surface area (Å²) >= 11 is 0. The van der Waals surface area contributed by atoms with Gasteiger partial charge in [0.15, 0.2) is 0 Å². The Labute approximate surface area is 155 Å². The maximum atomic E-state index is 11.7. The number of carboxylic acid groups (broad SMARTS) is 1. The van der Waals surface area contributed by atoms with Gasteiger partial charge >= 0.3 is 11.9 Å². The number of carbonyl (C=O) groups excluding carboxylic acids is 1. The largest absolute Gasteiger partial charge is 0.478 e. The average molecular weight is 363 g/mol. The maximum Gasteiger partial charge on any atom is 0.337 e. The summed E-state index contributed by atoms with van der Waals surface area (Å²) in [5.41, 5.74) is 3.02. The number of carbonyl (C=O) groups is 2. The Kier molecular flexibility index (Phi) is 5.17. The van der Waals surface area contributed by atoms with E-state index in [2.05, 4.69) is 4.99 Å². The second-order valence-electron chi connectivity index (χ2n) is 5.83. The lowest BCUT2D eigenvalue weighted by molar-refractivity contribution is 0.0600. The fourth-order valence-corrected chi connectivity index (χ4v) is 2.53. The van der Waals surface area contributed by atoms with Crippen molar-refractivity contribution >= 4 is 23.8 Å². The van der Waals surface area contributed by atoms with Crippen molar-refractivity contribution in [3.8, 4) is 11.3 Å². The van der Waals surface area contributed by atoms with Crippen molar-refractivity contribution in [3.05, 3.63) is 77.0 Å². The van der Waals surface area contributed by atoms with Crippen molar-refractivity contribution in [2.75, 3.05) is 7.11 Å². The van der Waals surface area contributed by atoms with Gasteiger partial charge in [0, 0.05) is 5.56 Å². The molecule has 3 aromatic rings. The first kappa shape index (κ1) is 18.1. The number of aliphatic imine (C=N–C) groups is 1. The van der Waals surface area contributed by atoms with Gasteiger partial charge in [0.2, 0.25) is 0 Å². The van der Waals surface area contributed by atoms with Crippen molar-refractivity contribution in [2.24, 2.45) is 4.99 Å². The molecule has 6 nitrogen and oxygen atoms in total. The van der Waals surface area contributed by atoms with Crippen molar-refractivity contribution in [2.45, 2.75) is 6.92 Å². The number of methoxy groups -OCH3 is 1. The predicted molar refractivity (Wildman–Crippen MR) is 101 cm³/mol. The smallest absolute Gasteiger partial charge is 0.337 e. The van der Waals surface area contributed by atoms with Crippen LogP contribution in [0.3, 0.4) is 0 Å². The number of rotatable bonds is 5. The van der Waals surface area contributed by atoms with E-state index in [0.717, 1.165) is 11.1 Å². The molecule has 1 aromatic heterocycles. The molecule has 136 valence electrons. The normalized spacial score (nSPS) is 10.9. The van der Waals surface area contributed by atoms with Gasteiger partial charge in [-0.3, -0.25) is 4.99 Å². The van der Waals surface area contributed by atoms with Crippen molar-refractivity contribution < 1.29 is 23.8 Å². The highest BCUT2D eigenvalue weighted by Crippen LogP contribution is 2.27. The molecule has 0 aliphatic carbocycles. The first-order valence-electron chi connectivity index (χ1n) is 8.14. The maximum absolute atomic E-state index is 11.7. The summed E-state index contributed by atoms with van der Waals surface area (Å²) in [5.74, 6) is -0.240. The molecule has 1 heterocycles. The molecule has 0 saturated heterocycles. The second kappa shape index (κ2) is 7.70. The number of hydrogen-bond donors (Lipinski definition) is 1. The van der Waals surface area contributed by atoms with Gasteiger partial charge < -0.3 is 14.3 Å². The lowest BCUT2D eigenvalue weighted by Crippen LogP contribution is -2.01. The van der Waals surface area contributed by atoms with Gasteiger partial charge in [-0.15, -0.1) is 0 Å². The molecule has 1 N–H and O–H groups in total. The molecule has 0 unspecified atom stereocenters. The van der Waals surface area contributed by atoms with E-state index in [9.17, 15) is 9.59 Å². The molecule has 0 radical (unpaired) electrons. The van der Waals surface area contributed by atoms with Crippen LogP contribution in [0.25, 0.3) is 11.3 Å². The number of aryl methyl sites for hydroxylation is 1. The van der Waals surface area contributed by atoms with Gasteiger partial charge in [-0.2, -0.15) is 0 Å². The van der Waals surface area contributed by atoms with E-state index in [0.29, 0.717) is 22.8 Å². The third-order valence-electron chi connectivity index (χ3n) is 4.01. The van der Waals surface area contributed by atoms with E-state index in [-0.39, 0.29) is 5.56 Å². The van der Waals surface area contributed by atoms with E-state index in [4.69, 9.17) is 14.3 Å². The van der Waals surface area contributed by atoms with E-state index in [1.807, 2.05) is 13.0 Å². The molecule has 27 heavy (non-hydrogen) atoms. The zero-order chi connectivity index (χ0) is 19.4. The van der Waals surface area contributed by atoms with Crippen LogP contribution in [0.5, 0.6) is 0 Å². The van der Waals surface area contributed by atoms with Gasteiger partial charge in [-0.1, -0.05) is 6.07 Å². The van der Waals surface area contributed by atoms with Crippen LogP contribution in [-0.2, 0) is 4.74 Å². The van der Waals surface area contributed by atoms with Crippen molar-refractivity contribution in [1.82, 2.24) is 0 Å². The predicted octanol–water partition coefficient (Wildman–Crippen LogP) is 4.49. The van der Waals surface area contributed by atoms with Crippen molar-refractivity contribution in [3.63, 3.8) is 0 Å². The molecule has 0 aliphatic rings. The zero-order valence-electron chi connectivity index (χ0n) is 14.8. The van der Waals surface area contributed by atoms with E-state index < -0.39 is 11.9 Å². The lowest BCUT2D eigenvalue weighted by Gasteiger charge is -2.05. The Morgan fingerprint density at radius 3 is 2.41 bits per heavy atom. The Bertz CT molecular complexity index is 1020. The minimum Gasteiger partial charge on any atom is -0.478 e. The molecule has 0 amide bonds. The molecule has 0 spiro atoms. The summed E-state index contributed by atoms with van der Waals surface area (Å²) in [6.45, 7) is 1.93. The zero-order valence-corrected chi connectivity index (χ0v) is 14.8. The summed E-state index contributed by atoms with van der Waals surface area (Å²) in [6, 6.07) is 15.1. The number of benzene rings is 2. The van der Waals surface area contributed by atoms with Crippen LogP contribution in [0.1, 0.15) is 32.0 Å². The van der Waals surface area contributed by atoms with E-state index >= 15 is 0 Å². The summed E-state index contributed by atoms with van der Waals surface area (Å²) in [6.07, 6.45) is 1.55. The highest BCUT2D eigenvalue weighted by atomic mass is 16.5. The van der Waals surface area contributed by atoms with Gasteiger partial charge in [0.25, 0.3) is 0 Å². The number of aromatic carboxylic acids is 1. The molecular weight excluding hydrogens is 346 g/mol. The van der Waals surface area contributed by atoms with Gasteiger partial charge in [0.1, 0.15) is 11.5 Å². The van der Waals surface area contributed by atoms with Gasteiger partial charge in [-0.05, 0) is 61.0 Å². The standard InChI is InChI=1S/C21H17NO5/c1-13-3-4-15(21(25)26-2)11-18(13)19-10-9-17(27-19)12-22-16-7-5-14(6-8-16)20(23)24/h3-12H,1-2H3,(H,23,24). The highest BCUT2D eigenvalue weighted by Gasteiger charge is 2.12. The summed E-state index contributed by atoms with van der Waals surface area (Å²) < 4.78 is 10.6. The number of nitrogens with zero attached hydrogens (tertiary/aromatic N) is 1. The van der Waals surface area contributed by atoms with Gasteiger partial charge in [0.05, 0.1) is 30.1 Å². The number of ether oxygens (including phenoxy) is 1. The topological polar surface area (TPSA) is 89.1 Å². The number of hydrogen-bond acceptors (Lipinski definition) is 5. The average Bonchev–Trinajstić information content (AvgIpc) is 3.15. The summed E-state index contributed by atoms with van der Waals surface area (Å²) in [7, 11) is 1.34. The molecule has 2 aromatic carbocycles. The minimum atomic E-state index is -0.981. The molecule has 6 heteroatoms. The van der Waals surface area contributed by atoms with Crippen LogP contribution in [0.2, 0.25) is 0 Å². The molecule has 0 aliphatic heterocycles.